The summed E-state index contributed by atoms with van der Waals surface area (Å²) in [6.07, 6.45) is 0.430. The van der Waals surface area contributed by atoms with Crippen molar-refractivity contribution in [1.29, 1.82) is 0 Å². The van der Waals surface area contributed by atoms with E-state index in [0.717, 1.165) is 0 Å². The number of aliphatic carboxylic acids is 1. The zero-order valence-electron chi connectivity index (χ0n) is 10.6. The van der Waals surface area contributed by atoms with Gasteiger partial charge in [-0.1, -0.05) is 13.8 Å². The largest absolute Gasteiger partial charge is 0.480 e. The van der Waals surface area contributed by atoms with E-state index in [1.54, 1.807) is 20.8 Å². The van der Waals surface area contributed by atoms with E-state index >= 15 is 0 Å². The van der Waals surface area contributed by atoms with Crippen molar-refractivity contribution in [3.63, 3.8) is 0 Å². The van der Waals surface area contributed by atoms with Gasteiger partial charge in [-0.2, -0.15) is 0 Å². The number of nitrogens with two attached hydrogens (primary N) is 1. The zero-order chi connectivity index (χ0) is 13.1. The molecule has 0 aromatic heterocycles. The third kappa shape index (κ3) is 3.81. The molecular formula is C11H22N2O3. The number of carboxylic acids is 1. The molecule has 1 unspecified atom stereocenters. The smallest absolute Gasteiger partial charge is 0.323 e. The SMILES string of the molecule is CC(C)CC(C)(NC(C)(C)C(N)=O)C(=O)O. The predicted octanol–water partition coefficient (Wildman–Crippen LogP) is 0.729. The quantitative estimate of drug-likeness (QED) is 0.627. The summed E-state index contributed by atoms with van der Waals surface area (Å²) in [5, 5.41) is 12.0. The first kappa shape index (κ1) is 14.9. The second-order valence-corrected chi connectivity index (χ2v) is 5.35. The van der Waals surface area contributed by atoms with Crippen molar-refractivity contribution in [3.8, 4) is 0 Å². The minimum Gasteiger partial charge on any atom is -0.480 e. The van der Waals surface area contributed by atoms with Gasteiger partial charge in [0.1, 0.15) is 5.54 Å². The Balaban J connectivity index is 4.95. The molecule has 0 spiro atoms. The average Bonchev–Trinajstić information content (AvgIpc) is 2.00. The maximum absolute atomic E-state index is 11.2. The van der Waals surface area contributed by atoms with Gasteiger partial charge in [-0.15, -0.1) is 0 Å². The second kappa shape index (κ2) is 4.82. The third-order valence-corrected chi connectivity index (χ3v) is 2.49. The topological polar surface area (TPSA) is 92.4 Å². The van der Waals surface area contributed by atoms with Crippen LogP contribution in [0.15, 0.2) is 0 Å². The summed E-state index contributed by atoms with van der Waals surface area (Å²) in [4.78, 5) is 22.4. The summed E-state index contributed by atoms with van der Waals surface area (Å²) in [5.41, 5.74) is 3.03. The summed E-state index contributed by atoms with van der Waals surface area (Å²) >= 11 is 0. The van der Waals surface area contributed by atoms with Gasteiger partial charge in [-0.05, 0) is 33.1 Å². The Morgan fingerprint density at radius 3 is 2.00 bits per heavy atom. The summed E-state index contributed by atoms with van der Waals surface area (Å²) in [6, 6.07) is 0. The second-order valence-electron chi connectivity index (χ2n) is 5.35. The van der Waals surface area contributed by atoms with Gasteiger partial charge in [0.2, 0.25) is 5.91 Å². The molecule has 0 fully saturated rings. The Kier molecular flexibility index (Phi) is 4.49. The molecule has 0 aromatic carbocycles. The van der Waals surface area contributed by atoms with Crippen LogP contribution < -0.4 is 11.1 Å². The lowest BCUT2D eigenvalue weighted by atomic mass is 9.87. The molecule has 0 bridgehead atoms. The maximum atomic E-state index is 11.2. The molecule has 0 rings (SSSR count). The summed E-state index contributed by atoms with van der Waals surface area (Å²) in [6.45, 7) is 8.59. The molecular weight excluding hydrogens is 208 g/mol. The molecule has 5 nitrogen and oxygen atoms in total. The van der Waals surface area contributed by atoms with Crippen LogP contribution in [-0.4, -0.2) is 28.1 Å². The van der Waals surface area contributed by atoms with E-state index in [2.05, 4.69) is 5.32 Å². The van der Waals surface area contributed by atoms with Crippen LogP contribution in [0.4, 0.5) is 0 Å². The molecule has 5 heteroatoms. The number of nitrogens with one attached hydrogen (secondary N) is 1. The van der Waals surface area contributed by atoms with Crippen molar-refractivity contribution in [3.05, 3.63) is 0 Å². The Bertz CT molecular complexity index is 287. The highest BCUT2D eigenvalue weighted by Crippen LogP contribution is 2.20. The minimum atomic E-state index is -1.15. The number of carbonyl (C=O) groups is 2. The third-order valence-electron chi connectivity index (χ3n) is 2.49. The van der Waals surface area contributed by atoms with Crippen molar-refractivity contribution in [2.24, 2.45) is 11.7 Å². The monoisotopic (exact) mass is 230 g/mol. The maximum Gasteiger partial charge on any atom is 0.323 e. The number of primary amides is 1. The minimum absolute atomic E-state index is 0.206. The molecule has 1 atom stereocenters. The van der Waals surface area contributed by atoms with Crippen LogP contribution in [0.5, 0.6) is 0 Å². The summed E-state index contributed by atoms with van der Waals surface area (Å²) < 4.78 is 0. The van der Waals surface area contributed by atoms with E-state index in [1.165, 1.54) is 0 Å². The van der Waals surface area contributed by atoms with Gasteiger partial charge < -0.3 is 10.8 Å². The fourth-order valence-corrected chi connectivity index (χ4v) is 1.76. The van der Waals surface area contributed by atoms with Gasteiger partial charge in [-0.25, -0.2) is 0 Å². The number of rotatable bonds is 6. The molecule has 94 valence electrons. The van der Waals surface area contributed by atoms with Crippen molar-refractivity contribution in [2.75, 3.05) is 0 Å². The molecule has 1 amide bonds. The average molecular weight is 230 g/mol. The van der Waals surface area contributed by atoms with E-state index < -0.39 is 23.0 Å². The Morgan fingerprint density at radius 1 is 1.31 bits per heavy atom. The van der Waals surface area contributed by atoms with Crippen LogP contribution in [0, 0.1) is 5.92 Å². The fraction of sp³-hybridized carbons (Fsp3) is 0.818. The first-order valence-electron chi connectivity index (χ1n) is 5.34. The van der Waals surface area contributed by atoms with Crippen LogP contribution in [0.2, 0.25) is 0 Å². The van der Waals surface area contributed by atoms with Gasteiger partial charge in [0, 0.05) is 0 Å². The normalized spacial score (nSPS) is 15.9. The number of hydrogen-bond acceptors (Lipinski definition) is 3. The van der Waals surface area contributed by atoms with Crippen molar-refractivity contribution in [2.45, 2.75) is 52.1 Å². The number of hydrogen-bond donors (Lipinski definition) is 3. The molecule has 0 heterocycles. The van der Waals surface area contributed by atoms with E-state index in [9.17, 15) is 14.7 Å². The molecule has 0 saturated carbocycles. The Hall–Kier alpha value is -1.10. The fourth-order valence-electron chi connectivity index (χ4n) is 1.76. The molecule has 0 radical (unpaired) electrons. The molecule has 0 aliphatic carbocycles. The van der Waals surface area contributed by atoms with Crippen LogP contribution in [-0.2, 0) is 9.59 Å². The van der Waals surface area contributed by atoms with E-state index in [4.69, 9.17) is 5.73 Å². The summed E-state index contributed by atoms with van der Waals surface area (Å²) in [7, 11) is 0. The lowest BCUT2D eigenvalue weighted by molar-refractivity contribution is -0.146. The molecule has 0 saturated heterocycles. The van der Waals surface area contributed by atoms with Gasteiger partial charge in [-0.3, -0.25) is 14.9 Å². The van der Waals surface area contributed by atoms with Crippen LogP contribution in [0.1, 0.15) is 41.0 Å². The zero-order valence-corrected chi connectivity index (χ0v) is 10.6. The number of carbonyl (C=O) groups excluding carboxylic acids is 1. The van der Waals surface area contributed by atoms with E-state index in [-0.39, 0.29) is 5.92 Å². The Labute approximate surface area is 96.4 Å². The van der Waals surface area contributed by atoms with Gasteiger partial charge in [0.15, 0.2) is 0 Å². The summed E-state index contributed by atoms with van der Waals surface area (Å²) in [5.74, 6) is -1.34. The number of amides is 1. The molecule has 0 aromatic rings. The van der Waals surface area contributed by atoms with Crippen LogP contribution in [0.3, 0.4) is 0 Å². The standard InChI is InChI=1S/C11H22N2O3/c1-7(2)6-11(5,9(15)16)13-10(3,4)8(12)14/h7,13H,6H2,1-5H3,(H2,12,14)(H,15,16). The molecule has 16 heavy (non-hydrogen) atoms. The van der Waals surface area contributed by atoms with Crippen molar-refractivity contribution < 1.29 is 14.7 Å². The molecule has 0 aliphatic rings. The molecule has 0 aliphatic heterocycles. The highest BCUT2D eigenvalue weighted by atomic mass is 16.4. The highest BCUT2D eigenvalue weighted by Gasteiger charge is 2.40. The highest BCUT2D eigenvalue weighted by molar-refractivity contribution is 5.86. The lowest BCUT2D eigenvalue weighted by Crippen LogP contribution is -2.63. The van der Waals surface area contributed by atoms with Gasteiger partial charge in [0.05, 0.1) is 5.54 Å². The van der Waals surface area contributed by atoms with Crippen LogP contribution >= 0.6 is 0 Å². The van der Waals surface area contributed by atoms with Gasteiger partial charge in [0.25, 0.3) is 0 Å². The number of carboxylic acid groups (broad SMARTS) is 1. The van der Waals surface area contributed by atoms with Gasteiger partial charge >= 0.3 is 5.97 Å². The predicted molar refractivity (Wildman–Crippen MR) is 61.9 cm³/mol. The van der Waals surface area contributed by atoms with E-state index in [0.29, 0.717) is 6.42 Å². The van der Waals surface area contributed by atoms with Crippen molar-refractivity contribution >= 4 is 11.9 Å². The first-order chi connectivity index (χ1) is 7.01. The van der Waals surface area contributed by atoms with E-state index in [1.807, 2.05) is 13.8 Å². The molecule has 4 N–H and O–H groups in total. The first-order valence-corrected chi connectivity index (χ1v) is 5.34. The lowest BCUT2D eigenvalue weighted by Gasteiger charge is -2.35. The van der Waals surface area contributed by atoms with Crippen LogP contribution in [0.25, 0.3) is 0 Å². The Morgan fingerprint density at radius 2 is 1.75 bits per heavy atom. The van der Waals surface area contributed by atoms with Crippen molar-refractivity contribution in [1.82, 2.24) is 5.32 Å².